The number of carboxylic acids is 1. The molecule has 2 aromatic carbocycles. The molecule has 5 nitrogen and oxygen atoms in total. The Balaban J connectivity index is 2.02. The lowest BCUT2D eigenvalue weighted by atomic mass is 10.00. The molecular formula is C18H10Cl2FN3O2. The van der Waals surface area contributed by atoms with E-state index in [4.69, 9.17) is 23.2 Å². The van der Waals surface area contributed by atoms with Gasteiger partial charge in [-0.2, -0.15) is 5.10 Å². The van der Waals surface area contributed by atoms with E-state index < -0.39 is 11.8 Å². The van der Waals surface area contributed by atoms with Crippen LogP contribution in [0.2, 0.25) is 10.0 Å². The molecule has 3 aromatic rings. The number of carbonyl (C=O) groups is 1. The Hall–Kier alpha value is -2.70. The summed E-state index contributed by atoms with van der Waals surface area (Å²) >= 11 is 12.3. The smallest absolute Gasteiger partial charge is 0.358 e. The number of aromatic nitrogens is 2. The van der Waals surface area contributed by atoms with Crippen molar-refractivity contribution in [2.24, 2.45) is 4.99 Å². The molecule has 1 aliphatic rings. The largest absolute Gasteiger partial charge is 0.476 e. The highest BCUT2D eigenvalue weighted by Gasteiger charge is 2.27. The van der Waals surface area contributed by atoms with Crippen molar-refractivity contribution in [3.05, 3.63) is 80.8 Å². The molecule has 8 heteroatoms. The van der Waals surface area contributed by atoms with E-state index in [2.05, 4.69) is 10.1 Å². The first-order valence-electron chi connectivity index (χ1n) is 7.57. The number of rotatable bonds is 2. The van der Waals surface area contributed by atoms with Crippen molar-refractivity contribution in [1.29, 1.82) is 0 Å². The van der Waals surface area contributed by atoms with E-state index >= 15 is 0 Å². The first-order valence-corrected chi connectivity index (χ1v) is 8.33. The Morgan fingerprint density at radius 3 is 2.65 bits per heavy atom. The summed E-state index contributed by atoms with van der Waals surface area (Å²) < 4.78 is 15.8. The molecule has 2 heterocycles. The molecule has 1 aliphatic heterocycles. The predicted molar refractivity (Wildman–Crippen MR) is 96.3 cm³/mol. The predicted octanol–water partition coefficient (Wildman–Crippen LogP) is 4.37. The zero-order valence-electron chi connectivity index (χ0n) is 13.1. The van der Waals surface area contributed by atoms with Crippen molar-refractivity contribution >= 4 is 34.9 Å². The highest BCUT2D eigenvalue weighted by atomic mass is 35.5. The van der Waals surface area contributed by atoms with Crippen LogP contribution in [-0.4, -0.2) is 26.6 Å². The summed E-state index contributed by atoms with van der Waals surface area (Å²) in [4.78, 5) is 15.8. The number of benzene rings is 2. The molecule has 0 unspecified atom stereocenters. The summed E-state index contributed by atoms with van der Waals surface area (Å²) in [6.45, 7) is 0.0507. The fourth-order valence-electron chi connectivity index (χ4n) is 2.91. The van der Waals surface area contributed by atoms with Gasteiger partial charge in [-0.1, -0.05) is 35.3 Å². The Morgan fingerprint density at radius 1 is 1.15 bits per heavy atom. The third kappa shape index (κ3) is 2.58. The SMILES string of the molecule is O=C(O)c1nn2c(c1Cl)CN=C(c1ccccc1F)c1cc(Cl)ccc1-2. The third-order valence-corrected chi connectivity index (χ3v) is 4.71. The van der Waals surface area contributed by atoms with Gasteiger partial charge in [0.25, 0.3) is 0 Å². The molecule has 0 spiro atoms. The molecule has 0 atom stereocenters. The Labute approximate surface area is 157 Å². The lowest BCUT2D eigenvalue weighted by molar-refractivity contribution is 0.0690. The van der Waals surface area contributed by atoms with Crippen molar-refractivity contribution in [1.82, 2.24) is 9.78 Å². The molecule has 0 fully saturated rings. The maximum absolute atomic E-state index is 14.4. The zero-order valence-corrected chi connectivity index (χ0v) is 14.6. The second kappa shape index (κ2) is 6.23. The van der Waals surface area contributed by atoms with E-state index in [9.17, 15) is 14.3 Å². The molecule has 0 radical (unpaired) electrons. The highest BCUT2D eigenvalue weighted by Crippen LogP contribution is 2.32. The lowest BCUT2D eigenvalue weighted by Gasteiger charge is -2.12. The monoisotopic (exact) mass is 389 g/mol. The molecular weight excluding hydrogens is 380 g/mol. The van der Waals surface area contributed by atoms with Crippen LogP contribution < -0.4 is 0 Å². The third-order valence-electron chi connectivity index (χ3n) is 4.08. The summed E-state index contributed by atoms with van der Waals surface area (Å²) in [7, 11) is 0. The minimum Gasteiger partial charge on any atom is -0.476 e. The quantitative estimate of drug-likeness (QED) is 0.707. The number of halogens is 3. The number of aromatic carboxylic acids is 1. The summed E-state index contributed by atoms with van der Waals surface area (Å²) in [5, 5.41) is 13.8. The van der Waals surface area contributed by atoms with Crippen molar-refractivity contribution in [2.75, 3.05) is 0 Å². The number of hydrogen-bond donors (Lipinski definition) is 1. The summed E-state index contributed by atoms with van der Waals surface area (Å²) in [5.41, 5.74) is 1.94. The van der Waals surface area contributed by atoms with Gasteiger partial charge < -0.3 is 5.11 Å². The van der Waals surface area contributed by atoms with Crippen LogP contribution in [0.4, 0.5) is 4.39 Å². The van der Waals surface area contributed by atoms with Gasteiger partial charge in [0.2, 0.25) is 0 Å². The standard InChI is InChI=1S/C18H10Cl2FN3O2/c19-9-5-6-13-11(7-9)16(10-3-1-2-4-12(10)21)22-8-14-15(20)17(18(25)26)23-24(13)14/h1-7H,8H2,(H,25,26). The number of nitrogens with zero attached hydrogens (tertiary/aromatic N) is 3. The van der Waals surface area contributed by atoms with Gasteiger partial charge >= 0.3 is 5.97 Å². The van der Waals surface area contributed by atoms with Crippen molar-refractivity contribution in [2.45, 2.75) is 6.54 Å². The first-order chi connectivity index (χ1) is 12.5. The minimum atomic E-state index is -1.23. The highest BCUT2D eigenvalue weighted by molar-refractivity contribution is 6.34. The van der Waals surface area contributed by atoms with Gasteiger partial charge in [-0.3, -0.25) is 4.99 Å². The molecule has 4 rings (SSSR count). The Kier molecular flexibility index (Phi) is 4.01. The first kappa shape index (κ1) is 16.8. The average Bonchev–Trinajstić information content (AvgIpc) is 2.85. The normalized spacial score (nSPS) is 12.8. The van der Waals surface area contributed by atoms with Crippen molar-refractivity contribution in [3.8, 4) is 5.69 Å². The average molecular weight is 390 g/mol. The summed E-state index contributed by atoms with van der Waals surface area (Å²) in [6, 6.07) is 11.2. The molecule has 1 aromatic heterocycles. The second-order valence-electron chi connectivity index (χ2n) is 5.63. The van der Waals surface area contributed by atoms with Gasteiger partial charge in [0.15, 0.2) is 5.69 Å². The summed E-state index contributed by atoms with van der Waals surface area (Å²) in [6.07, 6.45) is 0. The van der Waals surface area contributed by atoms with Crippen LogP contribution in [-0.2, 0) is 6.54 Å². The van der Waals surface area contributed by atoms with Crippen LogP contribution in [0.1, 0.15) is 27.3 Å². The maximum Gasteiger partial charge on any atom is 0.358 e. The molecule has 1 N–H and O–H groups in total. The van der Waals surface area contributed by atoms with Crippen molar-refractivity contribution in [3.63, 3.8) is 0 Å². The van der Waals surface area contributed by atoms with Crippen LogP contribution in [0.3, 0.4) is 0 Å². The lowest BCUT2D eigenvalue weighted by Crippen LogP contribution is -2.10. The Morgan fingerprint density at radius 2 is 1.92 bits per heavy atom. The second-order valence-corrected chi connectivity index (χ2v) is 6.45. The fraction of sp³-hybridized carbons (Fsp3) is 0.0556. The number of fused-ring (bicyclic) bond motifs is 3. The van der Waals surface area contributed by atoms with E-state index in [0.717, 1.165) is 0 Å². The van der Waals surface area contributed by atoms with Crippen LogP contribution in [0.15, 0.2) is 47.5 Å². The van der Waals surface area contributed by atoms with E-state index in [0.29, 0.717) is 33.2 Å². The molecule has 0 aliphatic carbocycles. The number of hydrogen-bond acceptors (Lipinski definition) is 3. The van der Waals surface area contributed by atoms with Crippen LogP contribution in [0, 0.1) is 5.82 Å². The maximum atomic E-state index is 14.4. The van der Waals surface area contributed by atoms with Crippen LogP contribution in [0.25, 0.3) is 5.69 Å². The van der Waals surface area contributed by atoms with Gasteiger partial charge in [-0.05, 0) is 30.3 Å². The molecule has 0 bridgehead atoms. The van der Waals surface area contributed by atoms with Gasteiger partial charge in [0, 0.05) is 16.1 Å². The van der Waals surface area contributed by atoms with E-state index in [1.165, 1.54) is 10.7 Å². The van der Waals surface area contributed by atoms with Gasteiger partial charge in [-0.15, -0.1) is 0 Å². The fourth-order valence-corrected chi connectivity index (χ4v) is 3.34. The van der Waals surface area contributed by atoms with E-state index in [-0.39, 0.29) is 17.3 Å². The molecule has 0 saturated heterocycles. The number of aliphatic imine (C=N–C) groups is 1. The number of carboxylic acid groups (broad SMARTS) is 1. The van der Waals surface area contributed by atoms with Gasteiger partial charge in [-0.25, -0.2) is 13.9 Å². The molecule has 26 heavy (non-hydrogen) atoms. The Bertz CT molecular complexity index is 1090. The van der Waals surface area contributed by atoms with Gasteiger partial charge in [0.1, 0.15) is 5.82 Å². The van der Waals surface area contributed by atoms with Crippen molar-refractivity contribution < 1.29 is 14.3 Å². The van der Waals surface area contributed by atoms with Gasteiger partial charge in [0.05, 0.1) is 28.7 Å². The topological polar surface area (TPSA) is 67.5 Å². The molecule has 0 saturated carbocycles. The van der Waals surface area contributed by atoms with E-state index in [1.54, 1.807) is 36.4 Å². The van der Waals surface area contributed by atoms with Crippen LogP contribution >= 0.6 is 23.2 Å². The summed E-state index contributed by atoms with van der Waals surface area (Å²) in [5.74, 6) is -1.65. The zero-order chi connectivity index (χ0) is 18.4. The molecule has 130 valence electrons. The van der Waals surface area contributed by atoms with Crippen LogP contribution in [0.5, 0.6) is 0 Å². The minimum absolute atomic E-state index is 0.0110. The van der Waals surface area contributed by atoms with E-state index in [1.807, 2.05) is 0 Å². The molecule has 0 amide bonds.